The average molecular weight is 259 g/mol. The smallest absolute Gasteiger partial charge is 0.250 e. The maximum absolute atomic E-state index is 11.8. The van der Waals surface area contributed by atoms with Crippen LogP contribution in [0.1, 0.15) is 5.56 Å². The molecular formula is C11H15F2N3O2. The second-order valence-electron chi connectivity index (χ2n) is 3.45. The van der Waals surface area contributed by atoms with Crippen LogP contribution in [-0.4, -0.2) is 37.2 Å². The van der Waals surface area contributed by atoms with Gasteiger partial charge in [-0.15, -0.1) is 0 Å². The topological polar surface area (TPSA) is 79.9 Å². The fourth-order valence-corrected chi connectivity index (χ4v) is 1.23. The Balaban J connectivity index is 2.31. The first kappa shape index (κ1) is 14.2. The number of rotatable bonds is 7. The van der Waals surface area contributed by atoms with Crippen LogP contribution < -0.4 is 15.8 Å². The number of benzene rings is 1. The molecule has 7 heteroatoms. The summed E-state index contributed by atoms with van der Waals surface area (Å²) in [5.74, 6) is 0.600. The summed E-state index contributed by atoms with van der Waals surface area (Å²) in [6.45, 7) is 0.285. The van der Waals surface area contributed by atoms with E-state index in [1.54, 1.807) is 24.3 Å². The van der Waals surface area contributed by atoms with Crippen LogP contribution in [0.15, 0.2) is 29.4 Å². The second kappa shape index (κ2) is 7.44. The maximum Gasteiger partial charge on any atom is 0.250 e. The van der Waals surface area contributed by atoms with E-state index < -0.39 is 6.43 Å². The molecular weight excluding hydrogens is 244 g/mol. The van der Waals surface area contributed by atoms with Gasteiger partial charge in [-0.3, -0.25) is 0 Å². The van der Waals surface area contributed by atoms with Crippen LogP contribution in [0.3, 0.4) is 0 Å². The number of halogens is 2. The van der Waals surface area contributed by atoms with Crippen molar-refractivity contribution in [2.75, 3.05) is 19.7 Å². The van der Waals surface area contributed by atoms with Crippen LogP contribution in [0.2, 0.25) is 0 Å². The number of hydrogen-bond donors (Lipinski definition) is 3. The molecule has 0 aliphatic heterocycles. The molecule has 0 saturated carbocycles. The van der Waals surface area contributed by atoms with Crippen molar-refractivity contribution < 1.29 is 18.7 Å². The van der Waals surface area contributed by atoms with Gasteiger partial charge in [0.15, 0.2) is 5.84 Å². The molecule has 0 atom stereocenters. The summed E-state index contributed by atoms with van der Waals surface area (Å²) in [7, 11) is 0. The number of oxime groups is 1. The third-order valence-corrected chi connectivity index (χ3v) is 2.10. The Morgan fingerprint density at radius 1 is 1.39 bits per heavy atom. The average Bonchev–Trinajstić information content (AvgIpc) is 2.38. The maximum atomic E-state index is 11.8. The van der Waals surface area contributed by atoms with Gasteiger partial charge in [-0.2, -0.15) is 0 Å². The van der Waals surface area contributed by atoms with Crippen molar-refractivity contribution in [1.29, 1.82) is 0 Å². The summed E-state index contributed by atoms with van der Waals surface area (Å²) in [6.07, 6.45) is -2.36. The largest absolute Gasteiger partial charge is 0.492 e. The van der Waals surface area contributed by atoms with Crippen LogP contribution in [0.4, 0.5) is 8.78 Å². The van der Waals surface area contributed by atoms with E-state index >= 15 is 0 Å². The summed E-state index contributed by atoms with van der Waals surface area (Å²) < 4.78 is 28.9. The molecule has 1 rings (SSSR count). The Morgan fingerprint density at radius 2 is 2.06 bits per heavy atom. The van der Waals surface area contributed by atoms with Crippen molar-refractivity contribution in [2.45, 2.75) is 6.43 Å². The highest BCUT2D eigenvalue weighted by atomic mass is 19.3. The molecule has 100 valence electrons. The summed E-state index contributed by atoms with van der Waals surface area (Å²) in [5, 5.41) is 13.9. The van der Waals surface area contributed by atoms with Crippen molar-refractivity contribution in [2.24, 2.45) is 10.9 Å². The third kappa shape index (κ3) is 4.96. The molecule has 5 nitrogen and oxygen atoms in total. The predicted molar refractivity (Wildman–Crippen MR) is 63.3 cm³/mol. The lowest BCUT2D eigenvalue weighted by Gasteiger charge is -2.07. The zero-order valence-electron chi connectivity index (χ0n) is 9.64. The molecule has 0 spiro atoms. The van der Waals surface area contributed by atoms with Gasteiger partial charge in [0.05, 0.1) is 6.54 Å². The van der Waals surface area contributed by atoms with Gasteiger partial charge in [-0.25, -0.2) is 8.78 Å². The van der Waals surface area contributed by atoms with Gasteiger partial charge in [0.25, 0.3) is 6.43 Å². The highest BCUT2D eigenvalue weighted by Crippen LogP contribution is 2.11. The highest BCUT2D eigenvalue weighted by molar-refractivity contribution is 5.97. The van der Waals surface area contributed by atoms with Crippen LogP contribution in [0.5, 0.6) is 5.75 Å². The Kier molecular flexibility index (Phi) is 5.86. The Labute approximate surface area is 103 Å². The lowest BCUT2D eigenvalue weighted by molar-refractivity contribution is 0.144. The molecule has 18 heavy (non-hydrogen) atoms. The lowest BCUT2D eigenvalue weighted by atomic mass is 10.2. The van der Waals surface area contributed by atoms with E-state index in [1.165, 1.54) is 0 Å². The van der Waals surface area contributed by atoms with Crippen molar-refractivity contribution in [1.82, 2.24) is 5.32 Å². The second-order valence-corrected chi connectivity index (χ2v) is 3.45. The Bertz CT molecular complexity index is 382. The van der Waals surface area contributed by atoms with E-state index in [1.807, 2.05) is 0 Å². The molecule has 1 aromatic carbocycles. The molecule has 4 N–H and O–H groups in total. The van der Waals surface area contributed by atoms with Crippen molar-refractivity contribution in [3.8, 4) is 5.75 Å². The minimum atomic E-state index is -2.36. The van der Waals surface area contributed by atoms with Crippen LogP contribution in [0, 0.1) is 0 Å². The van der Waals surface area contributed by atoms with Gasteiger partial charge in [0, 0.05) is 12.1 Å². The van der Waals surface area contributed by atoms with E-state index in [2.05, 4.69) is 10.5 Å². The van der Waals surface area contributed by atoms with Gasteiger partial charge in [-0.1, -0.05) is 5.16 Å². The van der Waals surface area contributed by atoms with E-state index in [-0.39, 0.29) is 19.0 Å². The van der Waals surface area contributed by atoms with Crippen LogP contribution in [0.25, 0.3) is 0 Å². The quantitative estimate of drug-likeness (QED) is 0.224. The monoisotopic (exact) mass is 259 g/mol. The van der Waals surface area contributed by atoms with Gasteiger partial charge < -0.3 is 21.0 Å². The van der Waals surface area contributed by atoms with E-state index in [0.29, 0.717) is 17.9 Å². The number of hydrogen-bond acceptors (Lipinski definition) is 4. The number of nitrogens with two attached hydrogens (primary N) is 1. The first-order valence-electron chi connectivity index (χ1n) is 5.33. The Morgan fingerprint density at radius 3 is 2.61 bits per heavy atom. The highest BCUT2D eigenvalue weighted by Gasteiger charge is 2.01. The molecule has 0 aromatic heterocycles. The minimum Gasteiger partial charge on any atom is -0.492 e. The van der Waals surface area contributed by atoms with Crippen molar-refractivity contribution in [3.05, 3.63) is 29.8 Å². The van der Waals surface area contributed by atoms with E-state index in [0.717, 1.165) is 0 Å². The fourth-order valence-electron chi connectivity index (χ4n) is 1.23. The van der Waals surface area contributed by atoms with Gasteiger partial charge >= 0.3 is 0 Å². The minimum absolute atomic E-state index is 0.0140. The first-order chi connectivity index (χ1) is 8.63. The van der Waals surface area contributed by atoms with E-state index in [4.69, 9.17) is 15.7 Å². The molecule has 0 unspecified atom stereocenters. The third-order valence-electron chi connectivity index (χ3n) is 2.10. The molecule has 0 amide bonds. The standard InChI is InChI=1S/C11H15F2N3O2/c12-10(13)7-15-5-6-18-9-3-1-8(2-4-9)11(14)16-17/h1-4,10,15,17H,5-7H2,(H2,14,16). The number of nitrogens with one attached hydrogen (secondary N) is 1. The molecule has 0 saturated heterocycles. The summed E-state index contributed by atoms with van der Waals surface area (Å²) in [5.41, 5.74) is 5.96. The number of nitrogens with zero attached hydrogens (tertiary/aromatic N) is 1. The first-order valence-corrected chi connectivity index (χ1v) is 5.33. The molecule has 0 fully saturated rings. The fraction of sp³-hybridized carbons (Fsp3) is 0.364. The summed E-state index contributed by atoms with van der Waals surface area (Å²) >= 11 is 0. The zero-order valence-corrected chi connectivity index (χ0v) is 9.64. The number of alkyl halides is 2. The van der Waals surface area contributed by atoms with Gasteiger partial charge in [0.2, 0.25) is 0 Å². The molecule has 1 aromatic rings. The van der Waals surface area contributed by atoms with Gasteiger partial charge in [0.1, 0.15) is 12.4 Å². The summed E-state index contributed by atoms with van der Waals surface area (Å²) in [6, 6.07) is 6.58. The SMILES string of the molecule is N/C(=N/O)c1ccc(OCCNCC(F)F)cc1. The molecule has 0 heterocycles. The molecule has 0 radical (unpaired) electrons. The van der Waals surface area contributed by atoms with Crippen molar-refractivity contribution in [3.63, 3.8) is 0 Å². The van der Waals surface area contributed by atoms with Crippen LogP contribution in [-0.2, 0) is 0 Å². The van der Waals surface area contributed by atoms with Gasteiger partial charge in [-0.05, 0) is 24.3 Å². The predicted octanol–water partition coefficient (Wildman–Crippen LogP) is 1.01. The normalized spacial score (nSPS) is 11.8. The van der Waals surface area contributed by atoms with Crippen LogP contribution >= 0.6 is 0 Å². The number of ether oxygens (including phenoxy) is 1. The summed E-state index contributed by atoms with van der Waals surface area (Å²) in [4.78, 5) is 0. The molecule has 0 aliphatic rings. The number of amidine groups is 1. The van der Waals surface area contributed by atoms with E-state index in [9.17, 15) is 8.78 Å². The molecule has 0 bridgehead atoms. The molecule has 0 aliphatic carbocycles. The zero-order chi connectivity index (χ0) is 13.4. The van der Waals surface area contributed by atoms with Crippen molar-refractivity contribution >= 4 is 5.84 Å². The lowest BCUT2D eigenvalue weighted by Crippen LogP contribution is -2.26. The Hall–Kier alpha value is -1.89.